The summed E-state index contributed by atoms with van der Waals surface area (Å²) in [6, 6.07) is 11.5. The molecule has 0 aliphatic heterocycles. The Morgan fingerprint density at radius 2 is 2.07 bits per heavy atom. The van der Waals surface area contributed by atoms with E-state index in [0.29, 0.717) is 24.8 Å². The van der Waals surface area contributed by atoms with Gasteiger partial charge in [0.1, 0.15) is 0 Å². The van der Waals surface area contributed by atoms with Gasteiger partial charge in [0.15, 0.2) is 5.76 Å². The minimum Gasteiger partial charge on any atom is -0.359 e. The van der Waals surface area contributed by atoms with Crippen LogP contribution in [0.25, 0.3) is 0 Å². The molecule has 0 aliphatic carbocycles. The molecule has 1 aromatic carbocycles. The van der Waals surface area contributed by atoms with Crippen molar-refractivity contribution in [3.63, 3.8) is 0 Å². The first kappa shape index (κ1) is 18.7. The van der Waals surface area contributed by atoms with Crippen molar-refractivity contribution in [3.8, 4) is 0 Å². The van der Waals surface area contributed by atoms with Gasteiger partial charge in [0.2, 0.25) is 0 Å². The smallest absolute Gasteiger partial charge is 0.318 e. The monoisotopic (exact) mass is 367 g/mol. The van der Waals surface area contributed by atoms with Crippen molar-refractivity contribution in [3.05, 3.63) is 72.1 Å². The number of nitrogens with zero attached hydrogens (tertiary/aromatic N) is 4. The molecule has 0 saturated heterocycles. The van der Waals surface area contributed by atoms with Crippen LogP contribution in [0.4, 0.5) is 4.79 Å². The van der Waals surface area contributed by atoms with Crippen molar-refractivity contribution in [2.75, 3.05) is 7.05 Å². The van der Waals surface area contributed by atoms with E-state index in [9.17, 15) is 4.79 Å². The minimum absolute atomic E-state index is 0.170. The van der Waals surface area contributed by atoms with Crippen LogP contribution < -0.4 is 5.32 Å². The highest BCUT2D eigenvalue weighted by Crippen LogP contribution is 2.17. The molecule has 0 unspecified atom stereocenters. The summed E-state index contributed by atoms with van der Waals surface area (Å²) >= 11 is 0. The summed E-state index contributed by atoms with van der Waals surface area (Å²) in [4.78, 5) is 18.4. The van der Waals surface area contributed by atoms with Crippen molar-refractivity contribution in [2.45, 2.75) is 38.9 Å². The minimum atomic E-state index is -0.175. The summed E-state index contributed by atoms with van der Waals surface area (Å²) in [6.07, 6.45) is 5.35. The molecule has 7 heteroatoms. The van der Waals surface area contributed by atoms with Crippen LogP contribution >= 0.6 is 0 Å². The third-order valence-electron chi connectivity index (χ3n) is 4.36. The number of urea groups is 1. The van der Waals surface area contributed by atoms with E-state index in [2.05, 4.69) is 29.3 Å². The Morgan fingerprint density at radius 1 is 1.30 bits per heavy atom. The van der Waals surface area contributed by atoms with Gasteiger partial charge in [0.25, 0.3) is 0 Å². The first-order valence-corrected chi connectivity index (χ1v) is 9.00. The molecule has 3 rings (SSSR count). The molecule has 2 amide bonds. The number of carbonyl (C=O) groups is 1. The van der Waals surface area contributed by atoms with E-state index in [1.807, 2.05) is 47.2 Å². The van der Waals surface area contributed by atoms with Crippen LogP contribution in [0.3, 0.4) is 0 Å². The van der Waals surface area contributed by atoms with Gasteiger partial charge in [-0.15, -0.1) is 0 Å². The molecule has 0 aliphatic rings. The van der Waals surface area contributed by atoms with E-state index in [0.717, 1.165) is 11.3 Å². The molecule has 2 aromatic heterocycles. The van der Waals surface area contributed by atoms with Gasteiger partial charge in [-0.05, 0) is 11.5 Å². The maximum absolute atomic E-state index is 12.7. The zero-order valence-electron chi connectivity index (χ0n) is 15.9. The largest absolute Gasteiger partial charge is 0.359 e. The SMILES string of the molecule is CC(C)c1cc(CN(C)C(=O)N[C@@H](Cn2ccnc2)c2ccccc2)on1. The predicted octanol–water partition coefficient (Wildman–Crippen LogP) is 3.58. The predicted molar refractivity (Wildman–Crippen MR) is 102 cm³/mol. The van der Waals surface area contributed by atoms with E-state index in [1.54, 1.807) is 24.5 Å². The zero-order valence-corrected chi connectivity index (χ0v) is 15.9. The molecule has 1 atom stereocenters. The van der Waals surface area contributed by atoms with Crippen LogP contribution in [0.1, 0.15) is 42.8 Å². The number of rotatable bonds is 7. The second-order valence-corrected chi connectivity index (χ2v) is 6.90. The molecule has 7 nitrogen and oxygen atoms in total. The lowest BCUT2D eigenvalue weighted by molar-refractivity contribution is 0.195. The normalized spacial score (nSPS) is 12.1. The summed E-state index contributed by atoms with van der Waals surface area (Å²) in [5.41, 5.74) is 1.93. The molecular formula is C20H25N5O2. The Hall–Kier alpha value is -3.09. The number of aromatic nitrogens is 3. The molecular weight excluding hydrogens is 342 g/mol. The number of nitrogens with one attached hydrogen (secondary N) is 1. The number of imidazole rings is 1. The lowest BCUT2D eigenvalue weighted by atomic mass is 10.1. The Bertz CT molecular complexity index is 842. The number of benzene rings is 1. The van der Waals surface area contributed by atoms with Crippen molar-refractivity contribution >= 4 is 6.03 Å². The molecule has 0 spiro atoms. The first-order valence-electron chi connectivity index (χ1n) is 9.00. The fourth-order valence-corrected chi connectivity index (χ4v) is 2.77. The Labute approximate surface area is 159 Å². The van der Waals surface area contributed by atoms with E-state index in [1.165, 1.54) is 0 Å². The van der Waals surface area contributed by atoms with Crippen molar-refractivity contribution in [1.29, 1.82) is 0 Å². The van der Waals surface area contributed by atoms with Crippen molar-refractivity contribution in [2.24, 2.45) is 0 Å². The average Bonchev–Trinajstić information content (AvgIpc) is 3.34. The second-order valence-electron chi connectivity index (χ2n) is 6.90. The average molecular weight is 367 g/mol. The van der Waals surface area contributed by atoms with Gasteiger partial charge in [0, 0.05) is 32.1 Å². The van der Waals surface area contributed by atoms with Crippen molar-refractivity contribution in [1.82, 2.24) is 24.9 Å². The third-order valence-corrected chi connectivity index (χ3v) is 4.36. The van der Waals surface area contributed by atoms with Gasteiger partial charge < -0.3 is 19.3 Å². The third kappa shape index (κ3) is 4.97. The number of carbonyl (C=O) groups excluding carboxylic acids is 1. The molecule has 3 aromatic rings. The molecule has 0 fully saturated rings. The summed E-state index contributed by atoms with van der Waals surface area (Å²) in [7, 11) is 1.74. The van der Waals surface area contributed by atoms with Crippen LogP contribution in [0.5, 0.6) is 0 Å². The van der Waals surface area contributed by atoms with Crippen LogP contribution in [-0.2, 0) is 13.1 Å². The van der Waals surface area contributed by atoms with Crippen LogP contribution in [0, 0.1) is 0 Å². The summed E-state index contributed by atoms with van der Waals surface area (Å²) in [5.74, 6) is 0.960. The number of hydrogen-bond acceptors (Lipinski definition) is 4. The maximum atomic E-state index is 12.7. The molecule has 0 saturated carbocycles. The van der Waals surface area contributed by atoms with Gasteiger partial charge in [-0.2, -0.15) is 0 Å². The fraction of sp³-hybridized carbons (Fsp3) is 0.350. The standard InChI is InChI=1S/C20H25N5O2/c1-15(2)18-11-17(27-23-18)12-24(3)20(26)22-19(13-25-10-9-21-14-25)16-7-5-4-6-8-16/h4-11,14-15,19H,12-13H2,1-3H3,(H,22,26)/t19-/m0/s1. The van der Waals surface area contributed by atoms with E-state index < -0.39 is 0 Å². The summed E-state index contributed by atoms with van der Waals surface area (Å²) in [6.45, 7) is 5.07. The fourth-order valence-electron chi connectivity index (χ4n) is 2.77. The van der Waals surface area contributed by atoms with Gasteiger partial charge >= 0.3 is 6.03 Å². The second kappa shape index (κ2) is 8.53. The lowest BCUT2D eigenvalue weighted by Crippen LogP contribution is -2.40. The molecule has 2 heterocycles. The van der Waals surface area contributed by atoms with E-state index in [-0.39, 0.29) is 12.1 Å². The lowest BCUT2D eigenvalue weighted by Gasteiger charge is -2.23. The Morgan fingerprint density at radius 3 is 2.70 bits per heavy atom. The molecule has 27 heavy (non-hydrogen) atoms. The number of hydrogen-bond donors (Lipinski definition) is 1. The topological polar surface area (TPSA) is 76.2 Å². The zero-order chi connectivity index (χ0) is 19.2. The van der Waals surface area contributed by atoms with Gasteiger partial charge in [-0.1, -0.05) is 49.3 Å². The highest BCUT2D eigenvalue weighted by atomic mass is 16.5. The van der Waals surface area contributed by atoms with E-state index >= 15 is 0 Å². The Kier molecular flexibility index (Phi) is 5.90. The highest BCUT2D eigenvalue weighted by molar-refractivity contribution is 5.74. The highest BCUT2D eigenvalue weighted by Gasteiger charge is 2.19. The molecule has 0 bridgehead atoms. The Balaban J connectivity index is 1.67. The summed E-state index contributed by atoms with van der Waals surface area (Å²) < 4.78 is 7.29. The van der Waals surface area contributed by atoms with Crippen LogP contribution in [0.15, 0.2) is 59.6 Å². The van der Waals surface area contributed by atoms with E-state index in [4.69, 9.17) is 4.52 Å². The van der Waals surface area contributed by atoms with Gasteiger partial charge in [-0.3, -0.25) is 0 Å². The first-order chi connectivity index (χ1) is 13.0. The van der Waals surface area contributed by atoms with Crippen molar-refractivity contribution < 1.29 is 9.32 Å². The van der Waals surface area contributed by atoms with Gasteiger partial charge in [0.05, 0.1) is 24.6 Å². The quantitative estimate of drug-likeness (QED) is 0.692. The molecule has 142 valence electrons. The summed E-state index contributed by atoms with van der Waals surface area (Å²) in [5, 5.41) is 7.14. The van der Waals surface area contributed by atoms with Crippen LogP contribution in [0.2, 0.25) is 0 Å². The number of amides is 2. The molecule has 1 N–H and O–H groups in total. The maximum Gasteiger partial charge on any atom is 0.318 e. The van der Waals surface area contributed by atoms with Gasteiger partial charge in [-0.25, -0.2) is 9.78 Å². The molecule has 0 radical (unpaired) electrons. The van der Waals surface area contributed by atoms with Crippen LogP contribution in [-0.4, -0.2) is 32.7 Å².